The number of fused-ring (bicyclic) bond motifs is 2. The molecule has 2 aliphatic rings. The number of hydrogen-bond donors (Lipinski definition) is 1. The Bertz CT molecular complexity index is 465. The number of nitrogens with one attached hydrogen (secondary N) is 1. The van der Waals surface area contributed by atoms with Crippen LogP contribution in [0.2, 0.25) is 0 Å². The number of carbonyl (C=O) groups is 1. The van der Waals surface area contributed by atoms with E-state index in [9.17, 15) is 4.79 Å². The van der Waals surface area contributed by atoms with Crippen LogP contribution in [-0.4, -0.2) is 5.91 Å². The molecule has 0 spiro atoms. The fraction of sp³-hybridized carbons (Fsp3) is 0.611. The summed E-state index contributed by atoms with van der Waals surface area (Å²) in [6.07, 6.45) is 8.61. The molecule has 2 aliphatic carbocycles. The van der Waals surface area contributed by atoms with Gasteiger partial charge in [-0.15, -0.1) is 0 Å². The van der Waals surface area contributed by atoms with Crippen molar-refractivity contribution in [2.45, 2.75) is 51.9 Å². The number of aryl methyl sites for hydroxylation is 1. The Kier molecular flexibility index (Phi) is 4.09. The quantitative estimate of drug-likeness (QED) is 0.844. The van der Waals surface area contributed by atoms with Crippen molar-refractivity contribution in [1.82, 2.24) is 0 Å². The van der Waals surface area contributed by atoms with Gasteiger partial charge in [0.1, 0.15) is 0 Å². The van der Waals surface area contributed by atoms with Crippen molar-refractivity contribution in [1.29, 1.82) is 0 Å². The number of anilines is 1. The zero-order chi connectivity index (χ0) is 13.9. The minimum absolute atomic E-state index is 0.249. The van der Waals surface area contributed by atoms with Gasteiger partial charge in [-0.1, -0.05) is 31.9 Å². The second-order valence-corrected chi connectivity index (χ2v) is 6.57. The van der Waals surface area contributed by atoms with Crippen LogP contribution in [-0.2, 0) is 11.2 Å². The average molecular weight is 271 g/mol. The smallest absolute Gasteiger partial charge is 0.227 e. The van der Waals surface area contributed by atoms with Gasteiger partial charge in [-0.3, -0.25) is 4.79 Å². The molecule has 1 aromatic carbocycles. The van der Waals surface area contributed by atoms with E-state index >= 15 is 0 Å². The molecule has 2 heteroatoms. The minimum atomic E-state index is 0.249. The topological polar surface area (TPSA) is 29.1 Å². The summed E-state index contributed by atoms with van der Waals surface area (Å²) in [6.45, 7) is 2.21. The number of rotatable bonds is 5. The first-order valence-electron chi connectivity index (χ1n) is 8.16. The molecule has 20 heavy (non-hydrogen) atoms. The van der Waals surface area contributed by atoms with E-state index < -0.39 is 0 Å². The summed E-state index contributed by atoms with van der Waals surface area (Å²) < 4.78 is 0. The predicted molar refractivity (Wildman–Crippen MR) is 82.6 cm³/mol. The summed E-state index contributed by atoms with van der Waals surface area (Å²) in [7, 11) is 0. The van der Waals surface area contributed by atoms with Gasteiger partial charge >= 0.3 is 0 Å². The molecule has 1 aromatic rings. The standard InChI is InChI=1S/C18H25NO/c1-2-3-4-13-6-9-16(10-7-13)19-18(20)17-12-14-5-8-15(17)11-14/h6-7,9-10,14-15,17H,2-5,8,11-12H2,1H3,(H,19,20)/t14-,15-,17+/m0/s1. The molecule has 0 aliphatic heterocycles. The van der Waals surface area contributed by atoms with Crippen molar-refractivity contribution in [3.8, 4) is 0 Å². The Morgan fingerprint density at radius 1 is 1.20 bits per heavy atom. The Labute approximate surface area is 122 Å². The van der Waals surface area contributed by atoms with E-state index in [1.165, 1.54) is 37.7 Å². The molecule has 2 fully saturated rings. The van der Waals surface area contributed by atoms with E-state index in [4.69, 9.17) is 0 Å². The first-order chi connectivity index (χ1) is 9.76. The summed E-state index contributed by atoms with van der Waals surface area (Å²) in [5.74, 6) is 2.00. The predicted octanol–water partition coefficient (Wildman–Crippen LogP) is 4.40. The third-order valence-electron chi connectivity index (χ3n) is 5.12. The lowest BCUT2D eigenvalue weighted by molar-refractivity contribution is -0.121. The number of amides is 1. The third kappa shape index (κ3) is 2.89. The monoisotopic (exact) mass is 271 g/mol. The minimum Gasteiger partial charge on any atom is -0.326 e. The highest BCUT2D eigenvalue weighted by Gasteiger charge is 2.42. The van der Waals surface area contributed by atoms with Crippen molar-refractivity contribution in [3.63, 3.8) is 0 Å². The van der Waals surface area contributed by atoms with Crippen LogP contribution in [0.4, 0.5) is 5.69 Å². The first-order valence-corrected chi connectivity index (χ1v) is 8.16. The summed E-state index contributed by atoms with van der Waals surface area (Å²) in [4.78, 5) is 12.4. The Morgan fingerprint density at radius 3 is 2.60 bits per heavy atom. The van der Waals surface area contributed by atoms with Gasteiger partial charge in [0.25, 0.3) is 0 Å². The van der Waals surface area contributed by atoms with Crippen molar-refractivity contribution >= 4 is 11.6 Å². The van der Waals surface area contributed by atoms with Crippen LogP contribution in [0.15, 0.2) is 24.3 Å². The molecule has 1 N–H and O–H groups in total. The van der Waals surface area contributed by atoms with Crippen LogP contribution in [0.1, 0.15) is 51.0 Å². The highest BCUT2D eigenvalue weighted by Crippen LogP contribution is 2.48. The van der Waals surface area contributed by atoms with Crippen molar-refractivity contribution in [2.75, 3.05) is 5.32 Å². The highest BCUT2D eigenvalue weighted by atomic mass is 16.1. The molecule has 3 atom stereocenters. The molecule has 0 aromatic heterocycles. The van der Waals surface area contributed by atoms with Crippen LogP contribution in [0.25, 0.3) is 0 Å². The van der Waals surface area contributed by atoms with E-state index in [1.807, 2.05) is 0 Å². The molecule has 0 radical (unpaired) electrons. The maximum atomic E-state index is 12.4. The molecule has 0 saturated heterocycles. The van der Waals surface area contributed by atoms with Crippen LogP contribution in [0.3, 0.4) is 0 Å². The van der Waals surface area contributed by atoms with Gasteiger partial charge in [-0.25, -0.2) is 0 Å². The summed E-state index contributed by atoms with van der Waals surface area (Å²) in [6, 6.07) is 8.39. The lowest BCUT2D eigenvalue weighted by Gasteiger charge is -2.20. The summed E-state index contributed by atoms with van der Waals surface area (Å²) >= 11 is 0. The van der Waals surface area contributed by atoms with E-state index in [-0.39, 0.29) is 11.8 Å². The molecule has 3 rings (SSSR count). The number of carbonyl (C=O) groups excluding carboxylic acids is 1. The van der Waals surface area contributed by atoms with Gasteiger partial charge < -0.3 is 5.32 Å². The Hall–Kier alpha value is -1.31. The van der Waals surface area contributed by atoms with Crippen LogP contribution in [0.5, 0.6) is 0 Å². The molecule has 0 unspecified atom stereocenters. The van der Waals surface area contributed by atoms with E-state index in [0.29, 0.717) is 5.92 Å². The lowest BCUT2D eigenvalue weighted by Crippen LogP contribution is -2.27. The van der Waals surface area contributed by atoms with E-state index in [2.05, 4.69) is 36.5 Å². The number of hydrogen-bond acceptors (Lipinski definition) is 1. The SMILES string of the molecule is CCCCc1ccc(NC(=O)[C@@H]2C[C@H]3CC[C@H]2C3)cc1. The second kappa shape index (κ2) is 5.99. The largest absolute Gasteiger partial charge is 0.326 e. The van der Waals surface area contributed by atoms with Crippen molar-refractivity contribution < 1.29 is 4.79 Å². The fourth-order valence-electron chi connectivity index (χ4n) is 3.94. The van der Waals surface area contributed by atoms with Crippen LogP contribution >= 0.6 is 0 Å². The van der Waals surface area contributed by atoms with Crippen LogP contribution in [0, 0.1) is 17.8 Å². The van der Waals surface area contributed by atoms with Gasteiger partial charge in [0.2, 0.25) is 5.91 Å². The van der Waals surface area contributed by atoms with Gasteiger partial charge in [0.05, 0.1) is 0 Å². The normalized spacial score (nSPS) is 27.8. The van der Waals surface area contributed by atoms with E-state index in [1.54, 1.807) is 0 Å². The first kappa shape index (κ1) is 13.7. The van der Waals surface area contributed by atoms with Gasteiger partial charge in [-0.05, 0) is 61.6 Å². The fourth-order valence-corrected chi connectivity index (χ4v) is 3.94. The second-order valence-electron chi connectivity index (χ2n) is 6.57. The summed E-state index contributed by atoms with van der Waals surface area (Å²) in [5.41, 5.74) is 2.32. The van der Waals surface area contributed by atoms with E-state index in [0.717, 1.165) is 24.4 Å². The Morgan fingerprint density at radius 2 is 2.00 bits per heavy atom. The number of benzene rings is 1. The zero-order valence-electron chi connectivity index (χ0n) is 12.4. The number of unbranched alkanes of at least 4 members (excludes halogenated alkanes) is 1. The molecular weight excluding hydrogens is 246 g/mol. The molecule has 0 heterocycles. The van der Waals surface area contributed by atoms with Gasteiger partial charge in [0.15, 0.2) is 0 Å². The Balaban J connectivity index is 1.56. The zero-order valence-corrected chi connectivity index (χ0v) is 12.4. The van der Waals surface area contributed by atoms with Gasteiger partial charge in [-0.2, -0.15) is 0 Å². The third-order valence-corrected chi connectivity index (χ3v) is 5.12. The van der Waals surface area contributed by atoms with Crippen LogP contribution < -0.4 is 5.32 Å². The molecule has 2 bridgehead atoms. The van der Waals surface area contributed by atoms with Crippen molar-refractivity contribution in [2.24, 2.45) is 17.8 Å². The maximum absolute atomic E-state index is 12.4. The molecule has 2 nitrogen and oxygen atoms in total. The summed E-state index contributed by atoms with van der Waals surface area (Å²) in [5, 5.41) is 3.11. The molecule has 108 valence electrons. The maximum Gasteiger partial charge on any atom is 0.227 e. The average Bonchev–Trinajstić information content (AvgIpc) is 3.09. The molecular formula is C18H25NO. The molecule has 1 amide bonds. The molecule has 2 saturated carbocycles. The lowest BCUT2D eigenvalue weighted by atomic mass is 9.88. The highest BCUT2D eigenvalue weighted by molar-refractivity contribution is 5.93. The van der Waals surface area contributed by atoms with Gasteiger partial charge in [0, 0.05) is 11.6 Å². The van der Waals surface area contributed by atoms with Crippen molar-refractivity contribution in [3.05, 3.63) is 29.8 Å².